The predicted molar refractivity (Wildman–Crippen MR) is 154 cm³/mol. The van der Waals surface area contributed by atoms with E-state index in [1.165, 1.54) is 21.5 Å². The Kier molecular flexibility index (Phi) is 13.1. The first kappa shape index (κ1) is 29.6. The van der Waals surface area contributed by atoms with Gasteiger partial charge in [0.15, 0.2) is 0 Å². The Balaban J connectivity index is 0.000000258. The van der Waals surface area contributed by atoms with Gasteiger partial charge in [-0.25, -0.2) is 0 Å². The third-order valence-electron chi connectivity index (χ3n) is 4.97. The van der Waals surface area contributed by atoms with E-state index in [4.69, 9.17) is 18.6 Å². The number of fused-ring (bicyclic) bond motifs is 2. The maximum absolute atomic E-state index is 4.89. The summed E-state index contributed by atoms with van der Waals surface area (Å²) in [4.78, 5) is 0. The van der Waals surface area contributed by atoms with Crippen molar-refractivity contribution in [2.45, 2.75) is 52.4 Å². The molecule has 4 aromatic rings. The molecule has 0 fully saturated rings. The van der Waals surface area contributed by atoms with Crippen molar-refractivity contribution in [1.82, 2.24) is 0 Å². The molecule has 0 saturated carbocycles. The van der Waals surface area contributed by atoms with Gasteiger partial charge in [-0.1, -0.05) is 64.5 Å². The van der Waals surface area contributed by atoms with Gasteiger partial charge in [-0.15, -0.1) is 69.7 Å². The van der Waals surface area contributed by atoms with Crippen LogP contribution in [-0.4, -0.2) is 25.7 Å². The molecule has 0 saturated heterocycles. The molecular formula is C26H36Cl2Si3Ti-2. The second kappa shape index (κ2) is 14.1. The van der Waals surface area contributed by atoms with Crippen LogP contribution in [0.25, 0.3) is 21.5 Å². The number of benzene rings is 2. The second-order valence-corrected chi connectivity index (χ2v) is 23.6. The molecule has 0 heterocycles. The van der Waals surface area contributed by atoms with E-state index in [0.717, 1.165) is 9.52 Å². The molecular weight excluding hydrogens is 515 g/mol. The Bertz CT molecular complexity index is 904. The van der Waals surface area contributed by atoms with Gasteiger partial charge in [-0.3, -0.25) is 0 Å². The number of hydrogen-bond donors (Lipinski definition) is 0. The van der Waals surface area contributed by atoms with E-state index in [9.17, 15) is 0 Å². The average molecular weight is 552 g/mol. The molecule has 32 heavy (non-hydrogen) atoms. The van der Waals surface area contributed by atoms with Gasteiger partial charge >= 0.3 is 35.6 Å². The van der Waals surface area contributed by atoms with Gasteiger partial charge in [-0.2, -0.15) is 22.9 Å². The Hall–Kier alpha value is -0.395. The average Bonchev–Trinajstić information content (AvgIpc) is 3.34. The zero-order valence-electron chi connectivity index (χ0n) is 20.7. The molecule has 0 amide bonds. The van der Waals surface area contributed by atoms with Crippen LogP contribution in [0.15, 0.2) is 72.8 Å². The first-order valence-corrected chi connectivity index (χ1v) is 24.1. The first-order valence-electron chi connectivity index (χ1n) is 10.8. The van der Waals surface area contributed by atoms with E-state index in [2.05, 4.69) is 125 Å². The summed E-state index contributed by atoms with van der Waals surface area (Å²) < 4.78 is 0. The molecule has 0 aliphatic carbocycles. The topological polar surface area (TPSA) is 0 Å². The Morgan fingerprint density at radius 3 is 1.19 bits per heavy atom. The van der Waals surface area contributed by atoms with Crippen molar-refractivity contribution in [2.24, 2.45) is 0 Å². The Morgan fingerprint density at radius 2 is 0.938 bits per heavy atom. The van der Waals surface area contributed by atoms with Crippen molar-refractivity contribution in [3.63, 3.8) is 0 Å². The van der Waals surface area contributed by atoms with Crippen molar-refractivity contribution < 1.29 is 17.0 Å². The molecule has 6 heteroatoms. The van der Waals surface area contributed by atoms with Gasteiger partial charge in [0.2, 0.25) is 0 Å². The number of hydrogen-bond acceptors (Lipinski definition) is 0. The van der Waals surface area contributed by atoms with Gasteiger partial charge in [0.05, 0.1) is 16.1 Å². The normalized spacial score (nSPS) is 10.9. The number of halogens is 2. The van der Waals surface area contributed by atoms with E-state index in [-0.39, 0.29) is 0 Å². The van der Waals surface area contributed by atoms with Crippen LogP contribution in [0.4, 0.5) is 0 Å². The molecule has 0 aromatic heterocycles. The van der Waals surface area contributed by atoms with Gasteiger partial charge in [0.25, 0.3) is 0 Å². The van der Waals surface area contributed by atoms with Crippen molar-refractivity contribution in [3.8, 4) is 0 Å². The number of rotatable bonds is 2. The van der Waals surface area contributed by atoms with Crippen LogP contribution in [0.2, 0.25) is 52.4 Å². The van der Waals surface area contributed by atoms with Crippen LogP contribution < -0.4 is 10.4 Å². The van der Waals surface area contributed by atoms with Crippen LogP contribution in [0, 0.1) is 0 Å². The quantitative estimate of drug-likeness (QED) is 0.173. The van der Waals surface area contributed by atoms with Crippen molar-refractivity contribution >= 4 is 76.2 Å². The van der Waals surface area contributed by atoms with E-state index in [0.29, 0.717) is 0 Å². The van der Waals surface area contributed by atoms with Crippen LogP contribution in [0.5, 0.6) is 0 Å². The summed E-state index contributed by atoms with van der Waals surface area (Å²) in [7, 11) is 8.63. The van der Waals surface area contributed by atoms with Crippen LogP contribution >= 0.6 is 18.6 Å². The van der Waals surface area contributed by atoms with Crippen LogP contribution in [-0.2, 0) is 17.0 Å². The van der Waals surface area contributed by atoms with Gasteiger partial charge in [0, 0.05) is 9.52 Å². The summed E-state index contributed by atoms with van der Waals surface area (Å²) in [6.07, 6.45) is 0. The van der Waals surface area contributed by atoms with Gasteiger partial charge < -0.3 is 0 Å². The van der Waals surface area contributed by atoms with Crippen LogP contribution in [0.1, 0.15) is 0 Å². The monoisotopic (exact) mass is 550 g/mol. The first-order chi connectivity index (χ1) is 15.0. The Morgan fingerprint density at radius 1 is 0.656 bits per heavy atom. The molecule has 0 N–H and O–H groups in total. The van der Waals surface area contributed by atoms with Crippen LogP contribution in [0.3, 0.4) is 0 Å². The zero-order chi connectivity index (χ0) is 24.4. The fraction of sp³-hybridized carbons (Fsp3) is 0.308. The Labute approximate surface area is 217 Å². The molecule has 0 nitrogen and oxygen atoms in total. The standard InChI is InChI=1S/2C12H15Si.C2H6Si.2ClH.Ti/c2*1-13(2,3)12-8-10-6-4-5-7-11(10)9-12;1-3-2;;;/h2*4-9H,1-3H3;1-2H3;2*1H;/q2*-1;;;;+2/p-2. The summed E-state index contributed by atoms with van der Waals surface area (Å²) in [6, 6.07) is 26.6. The molecule has 0 aliphatic rings. The minimum absolute atomic E-state index is 0.556. The van der Waals surface area contributed by atoms with Gasteiger partial charge in [-0.05, 0) is 0 Å². The fourth-order valence-electron chi connectivity index (χ4n) is 3.17. The van der Waals surface area contributed by atoms with E-state index in [1.807, 2.05) is 0 Å². The summed E-state index contributed by atoms with van der Waals surface area (Å²) in [5, 5.41) is 8.68. The molecule has 0 unspecified atom stereocenters. The minimum atomic E-state index is -1.12. The molecule has 4 aromatic carbocycles. The molecule has 0 atom stereocenters. The summed E-state index contributed by atoms with van der Waals surface area (Å²) in [5.41, 5.74) is 0. The van der Waals surface area contributed by atoms with E-state index >= 15 is 0 Å². The van der Waals surface area contributed by atoms with Gasteiger partial charge in [0.1, 0.15) is 0 Å². The summed E-state index contributed by atoms with van der Waals surface area (Å²) in [6.45, 7) is 18.6. The third-order valence-corrected chi connectivity index (χ3v) is 9.01. The second-order valence-electron chi connectivity index (χ2n) is 9.82. The van der Waals surface area contributed by atoms with E-state index < -0.39 is 33.2 Å². The molecule has 4 rings (SSSR count). The summed E-state index contributed by atoms with van der Waals surface area (Å²) in [5.74, 6) is 0. The molecule has 0 spiro atoms. The SMILES string of the molecule is C[Si](C)(C)c1cc2ccccc2[cH-]1.C[Si](C)(C)c1cc2ccccc2[cH-]1.C[Si]C.[Cl][Ti][Cl]. The van der Waals surface area contributed by atoms with Crippen molar-refractivity contribution in [2.75, 3.05) is 0 Å². The maximum atomic E-state index is 4.89. The third kappa shape index (κ3) is 9.84. The molecule has 0 bridgehead atoms. The van der Waals surface area contributed by atoms with Crippen molar-refractivity contribution in [3.05, 3.63) is 72.8 Å². The molecule has 2 radical (unpaired) electrons. The van der Waals surface area contributed by atoms with Crippen molar-refractivity contribution in [1.29, 1.82) is 0 Å². The predicted octanol–water partition coefficient (Wildman–Crippen LogP) is 8.37. The zero-order valence-corrected chi connectivity index (χ0v) is 26.8. The fourth-order valence-corrected chi connectivity index (χ4v) is 5.52. The van der Waals surface area contributed by atoms with E-state index in [1.54, 1.807) is 10.4 Å². The molecule has 0 aliphatic heterocycles. The molecule has 172 valence electrons. The summed E-state index contributed by atoms with van der Waals surface area (Å²) >= 11 is -0.556.